The molecule has 2 N–H and O–H groups in total. The van der Waals surface area contributed by atoms with E-state index in [4.69, 9.17) is 0 Å². The zero-order valence-corrected chi connectivity index (χ0v) is 18.1. The van der Waals surface area contributed by atoms with Crippen molar-refractivity contribution in [2.75, 3.05) is 20.9 Å². The minimum absolute atomic E-state index is 0.00827. The second-order valence-corrected chi connectivity index (χ2v) is 8.79. The van der Waals surface area contributed by atoms with Crippen LogP contribution in [0.15, 0.2) is 59.6 Å². The van der Waals surface area contributed by atoms with Gasteiger partial charge >= 0.3 is 12.1 Å². The van der Waals surface area contributed by atoms with Crippen molar-refractivity contribution in [2.24, 2.45) is 0 Å². The van der Waals surface area contributed by atoms with Gasteiger partial charge in [0.2, 0.25) is 0 Å². The van der Waals surface area contributed by atoms with Crippen molar-refractivity contribution < 1.29 is 37.0 Å². The van der Waals surface area contributed by atoms with Gasteiger partial charge in [0.25, 0.3) is 10.0 Å². The first-order valence-electron chi connectivity index (χ1n) is 9.32. The van der Waals surface area contributed by atoms with Crippen molar-refractivity contribution in [3.05, 3.63) is 60.3 Å². The van der Waals surface area contributed by atoms with Crippen LogP contribution in [0.2, 0.25) is 0 Å². The van der Waals surface area contributed by atoms with Crippen LogP contribution in [0.3, 0.4) is 0 Å². The molecular weight excluding hydrogens is 443 g/mol. The van der Waals surface area contributed by atoms with Gasteiger partial charge in [0.15, 0.2) is 5.54 Å². The Morgan fingerprint density at radius 2 is 1.81 bits per heavy atom. The monoisotopic (exact) mass is 464 g/mol. The standard InChI is InChI=1S/C21H21FN2O7S/c1-30-19(26)21(13-22,23-20(27)31-2)11-14-12-24(18-9-8-15(25)10-17(14)18)32(28,29)16-6-4-3-5-7-16/h3-10,12,25H,11,13H2,1-2H3,(H,23,27)/t21-/m1/s1. The molecule has 0 saturated carbocycles. The number of rotatable bonds is 7. The summed E-state index contributed by atoms with van der Waals surface area (Å²) in [5, 5.41) is 12.4. The van der Waals surface area contributed by atoms with Crippen molar-refractivity contribution in [2.45, 2.75) is 16.9 Å². The topological polar surface area (TPSA) is 124 Å². The molecule has 1 atom stereocenters. The molecule has 0 aliphatic carbocycles. The summed E-state index contributed by atoms with van der Waals surface area (Å²) in [5.41, 5.74) is -1.81. The average molecular weight is 464 g/mol. The van der Waals surface area contributed by atoms with Crippen LogP contribution in [-0.2, 0) is 30.7 Å². The van der Waals surface area contributed by atoms with Crippen LogP contribution in [0.25, 0.3) is 10.9 Å². The summed E-state index contributed by atoms with van der Waals surface area (Å²) in [6.45, 7) is -1.36. The number of phenols is 1. The number of methoxy groups -OCH3 is 2. The third-order valence-corrected chi connectivity index (χ3v) is 6.65. The van der Waals surface area contributed by atoms with Crippen molar-refractivity contribution in [1.82, 2.24) is 9.29 Å². The summed E-state index contributed by atoms with van der Waals surface area (Å²) in [6, 6.07) is 11.6. The molecule has 0 aliphatic rings. The largest absolute Gasteiger partial charge is 0.508 e. The zero-order valence-electron chi connectivity index (χ0n) is 17.2. The van der Waals surface area contributed by atoms with E-state index >= 15 is 0 Å². The summed E-state index contributed by atoms with van der Waals surface area (Å²) in [5.74, 6) is -1.25. The molecule has 0 saturated heterocycles. The molecule has 170 valence electrons. The maximum absolute atomic E-state index is 14.2. The molecule has 3 aromatic rings. The number of fused-ring (bicyclic) bond motifs is 1. The molecule has 0 aliphatic heterocycles. The van der Waals surface area contributed by atoms with Crippen molar-refractivity contribution >= 4 is 33.0 Å². The molecule has 3 rings (SSSR count). The number of aromatic hydroxyl groups is 1. The van der Waals surface area contributed by atoms with Gasteiger partial charge in [-0.25, -0.2) is 26.4 Å². The number of aromatic nitrogens is 1. The molecule has 0 radical (unpaired) electrons. The number of hydrogen-bond acceptors (Lipinski definition) is 7. The van der Waals surface area contributed by atoms with Crippen molar-refractivity contribution in [3.8, 4) is 5.75 Å². The molecule has 0 bridgehead atoms. The summed E-state index contributed by atoms with van der Waals surface area (Å²) in [6.07, 6.45) is -0.321. The second kappa shape index (κ2) is 8.87. The number of ether oxygens (including phenoxy) is 2. The first kappa shape index (κ1) is 23.1. The summed E-state index contributed by atoms with van der Waals surface area (Å²) in [4.78, 5) is 24.3. The Labute approximate surface area is 183 Å². The van der Waals surface area contributed by atoms with Gasteiger partial charge in [-0.05, 0) is 35.9 Å². The van der Waals surface area contributed by atoms with Gasteiger partial charge in [0.05, 0.1) is 24.6 Å². The quantitative estimate of drug-likeness (QED) is 0.515. The highest BCUT2D eigenvalue weighted by Crippen LogP contribution is 2.31. The molecular formula is C21H21FN2O7S. The first-order chi connectivity index (χ1) is 15.2. The minimum Gasteiger partial charge on any atom is -0.508 e. The van der Waals surface area contributed by atoms with Crippen LogP contribution in [0.1, 0.15) is 5.56 Å². The van der Waals surface area contributed by atoms with E-state index in [9.17, 15) is 27.5 Å². The van der Waals surface area contributed by atoms with Gasteiger partial charge in [-0.2, -0.15) is 0 Å². The van der Waals surface area contributed by atoms with Crippen LogP contribution < -0.4 is 5.32 Å². The number of carbonyl (C=O) groups is 2. The number of amides is 1. The summed E-state index contributed by atoms with van der Waals surface area (Å²) >= 11 is 0. The second-order valence-electron chi connectivity index (χ2n) is 6.97. The van der Waals surface area contributed by atoms with Gasteiger partial charge in [0.1, 0.15) is 12.4 Å². The predicted octanol–water partition coefficient (Wildman–Crippen LogP) is 2.36. The molecule has 9 nitrogen and oxygen atoms in total. The van der Waals surface area contributed by atoms with E-state index in [1.807, 2.05) is 0 Å². The Balaban J connectivity index is 2.22. The van der Waals surface area contributed by atoms with Crippen LogP contribution in [0.4, 0.5) is 9.18 Å². The molecule has 0 fully saturated rings. The predicted molar refractivity (Wildman–Crippen MR) is 113 cm³/mol. The molecule has 1 heterocycles. The lowest BCUT2D eigenvalue weighted by atomic mass is 9.91. The fourth-order valence-corrected chi connectivity index (χ4v) is 4.78. The fraction of sp³-hybridized carbons (Fsp3) is 0.238. The van der Waals surface area contributed by atoms with Gasteiger partial charge in [-0.1, -0.05) is 18.2 Å². The number of esters is 1. The molecule has 0 spiro atoms. The molecule has 32 heavy (non-hydrogen) atoms. The Kier molecular flexibility index (Phi) is 6.40. The number of nitrogens with one attached hydrogen (secondary N) is 1. The number of nitrogens with zero attached hydrogens (tertiary/aromatic N) is 1. The van der Waals surface area contributed by atoms with E-state index in [1.54, 1.807) is 18.2 Å². The number of benzene rings is 2. The van der Waals surface area contributed by atoms with E-state index in [0.29, 0.717) is 0 Å². The van der Waals surface area contributed by atoms with Crippen LogP contribution in [0, 0.1) is 0 Å². The highest BCUT2D eigenvalue weighted by atomic mass is 32.2. The number of halogens is 1. The summed E-state index contributed by atoms with van der Waals surface area (Å²) < 4.78 is 50.8. The minimum atomic E-state index is -4.06. The van der Waals surface area contributed by atoms with Crippen LogP contribution in [-0.4, -0.2) is 56.0 Å². The lowest BCUT2D eigenvalue weighted by molar-refractivity contribution is -0.149. The lowest BCUT2D eigenvalue weighted by Crippen LogP contribution is -2.58. The number of carbonyl (C=O) groups excluding carboxylic acids is 2. The number of phenolic OH excluding ortho intramolecular Hbond substituents is 1. The van der Waals surface area contributed by atoms with E-state index in [0.717, 1.165) is 18.2 Å². The Morgan fingerprint density at radius 1 is 1.12 bits per heavy atom. The highest BCUT2D eigenvalue weighted by molar-refractivity contribution is 7.90. The Bertz CT molecular complexity index is 1260. The van der Waals surface area contributed by atoms with Gasteiger partial charge in [0, 0.05) is 18.0 Å². The number of alkyl carbamates (subject to hydrolysis) is 1. The van der Waals surface area contributed by atoms with Crippen LogP contribution >= 0.6 is 0 Å². The maximum atomic E-state index is 14.2. The lowest BCUT2D eigenvalue weighted by Gasteiger charge is -2.28. The smallest absolute Gasteiger partial charge is 0.407 e. The van der Waals surface area contributed by atoms with E-state index in [1.165, 1.54) is 36.5 Å². The van der Waals surface area contributed by atoms with Gasteiger partial charge in [-0.3, -0.25) is 0 Å². The van der Waals surface area contributed by atoms with Crippen molar-refractivity contribution in [3.63, 3.8) is 0 Å². The third-order valence-electron chi connectivity index (χ3n) is 4.96. The number of hydrogen-bond donors (Lipinski definition) is 2. The SMILES string of the molecule is COC(=O)N[C@@](CF)(Cc1cn(S(=O)(=O)c2ccccc2)c2ccc(O)cc12)C(=O)OC. The molecule has 2 aromatic carbocycles. The average Bonchev–Trinajstić information content (AvgIpc) is 3.16. The Morgan fingerprint density at radius 3 is 2.41 bits per heavy atom. The number of alkyl halides is 1. The van der Waals surface area contributed by atoms with Gasteiger partial charge < -0.3 is 19.9 Å². The molecule has 1 amide bonds. The fourth-order valence-electron chi connectivity index (χ4n) is 3.37. The molecule has 1 aromatic heterocycles. The van der Waals surface area contributed by atoms with Gasteiger partial charge in [-0.15, -0.1) is 0 Å². The van der Waals surface area contributed by atoms with E-state index in [-0.39, 0.29) is 27.1 Å². The van der Waals surface area contributed by atoms with Crippen LogP contribution in [0.5, 0.6) is 5.75 Å². The first-order valence-corrected chi connectivity index (χ1v) is 10.8. The molecule has 0 unspecified atom stereocenters. The summed E-state index contributed by atoms with van der Waals surface area (Å²) in [7, 11) is -1.98. The third kappa shape index (κ3) is 4.11. The zero-order chi connectivity index (χ0) is 23.5. The Hall–Kier alpha value is -3.60. The normalized spacial score (nSPS) is 13.3. The highest BCUT2D eigenvalue weighted by Gasteiger charge is 2.43. The van der Waals surface area contributed by atoms with E-state index < -0.39 is 40.7 Å². The van der Waals surface area contributed by atoms with Crippen molar-refractivity contribution in [1.29, 1.82) is 0 Å². The maximum Gasteiger partial charge on any atom is 0.407 e. The van der Waals surface area contributed by atoms with E-state index in [2.05, 4.69) is 14.8 Å². The molecule has 11 heteroatoms.